The third-order valence-electron chi connectivity index (χ3n) is 3.66. The molecule has 2 unspecified atom stereocenters. The lowest BCUT2D eigenvalue weighted by atomic mass is 9.82. The summed E-state index contributed by atoms with van der Waals surface area (Å²) in [6.45, 7) is 1.98. The van der Waals surface area contributed by atoms with Gasteiger partial charge < -0.3 is 5.32 Å². The van der Waals surface area contributed by atoms with Crippen molar-refractivity contribution in [3.63, 3.8) is 0 Å². The fourth-order valence-electron chi connectivity index (χ4n) is 2.65. The van der Waals surface area contributed by atoms with E-state index >= 15 is 0 Å². The summed E-state index contributed by atoms with van der Waals surface area (Å²) in [6.07, 6.45) is 2.95. The third-order valence-corrected chi connectivity index (χ3v) is 5.48. The van der Waals surface area contributed by atoms with E-state index in [2.05, 4.69) is 5.32 Å². The third kappa shape index (κ3) is 2.17. The summed E-state index contributed by atoms with van der Waals surface area (Å²) in [6, 6.07) is 0. The molecule has 2 atom stereocenters. The van der Waals surface area contributed by atoms with Crippen LogP contribution in [0.2, 0.25) is 0 Å². The van der Waals surface area contributed by atoms with Crippen molar-refractivity contribution in [1.29, 1.82) is 0 Å². The molecule has 0 saturated carbocycles. The van der Waals surface area contributed by atoms with Crippen LogP contribution in [0.15, 0.2) is 0 Å². The molecule has 0 bridgehead atoms. The van der Waals surface area contributed by atoms with Crippen LogP contribution in [0.5, 0.6) is 0 Å². The van der Waals surface area contributed by atoms with Crippen LogP contribution in [0, 0.1) is 5.92 Å². The molecule has 2 aliphatic rings. The number of carbonyl (C=O) groups excluding carboxylic acids is 1. The Morgan fingerprint density at radius 1 is 1.47 bits per heavy atom. The number of amides is 1. The molecule has 15 heavy (non-hydrogen) atoms. The molecular formula is C10H17NO3S. The summed E-state index contributed by atoms with van der Waals surface area (Å²) >= 11 is 0. The average Bonchev–Trinajstić information content (AvgIpc) is 2.46. The monoisotopic (exact) mass is 231 g/mol. The lowest BCUT2D eigenvalue weighted by molar-refractivity contribution is -0.120. The molecule has 0 radical (unpaired) electrons. The second-order valence-corrected chi connectivity index (χ2v) is 7.15. The van der Waals surface area contributed by atoms with Crippen LogP contribution >= 0.6 is 0 Å². The summed E-state index contributed by atoms with van der Waals surface area (Å²) in [5, 5.41) is 2.93. The van der Waals surface area contributed by atoms with E-state index in [0.717, 1.165) is 19.3 Å². The smallest absolute Gasteiger partial charge is 0.220 e. The number of sulfone groups is 1. The Bertz CT molecular complexity index is 376. The first-order valence-corrected chi connectivity index (χ1v) is 7.25. The van der Waals surface area contributed by atoms with E-state index in [-0.39, 0.29) is 23.1 Å². The van der Waals surface area contributed by atoms with Crippen LogP contribution in [0.1, 0.15) is 32.6 Å². The average molecular weight is 231 g/mol. The molecule has 5 heteroatoms. The van der Waals surface area contributed by atoms with Gasteiger partial charge in [0, 0.05) is 12.0 Å². The number of hydrogen-bond acceptors (Lipinski definition) is 3. The summed E-state index contributed by atoms with van der Waals surface area (Å²) in [4.78, 5) is 11.2. The van der Waals surface area contributed by atoms with Crippen LogP contribution in [-0.2, 0) is 14.6 Å². The van der Waals surface area contributed by atoms with Gasteiger partial charge in [-0.25, -0.2) is 8.42 Å². The minimum Gasteiger partial charge on any atom is -0.351 e. The van der Waals surface area contributed by atoms with E-state index in [0.29, 0.717) is 12.2 Å². The molecule has 0 aromatic carbocycles. The van der Waals surface area contributed by atoms with Crippen LogP contribution in [0.4, 0.5) is 0 Å². The van der Waals surface area contributed by atoms with Crippen LogP contribution in [0.3, 0.4) is 0 Å². The van der Waals surface area contributed by atoms with Crippen LogP contribution in [0.25, 0.3) is 0 Å². The largest absolute Gasteiger partial charge is 0.351 e. The van der Waals surface area contributed by atoms with E-state index in [1.54, 1.807) is 0 Å². The van der Waals surface area contributed by atoms with Crippen molar-refractivity contribution in [3.8, 4) is 0 Å². The van der Waals surface area contributed by atoms with Gasteiger partial charge in [0.2, 0.25) is 5.91 Å². The van der Waals surface area contributed by atoms with Gasteiger partial charge in [0.25, 0.3) is 0 Å². The molecule has 2 heterocycles. The number of hydrogen-bond donors (Lipinski definition) is 1. The van der Waals surface area contributed by atoms with Gasteiger partial charge in [-0.2, -0.15) is 0 Å². The van der Waals surface area contributed by atoms with E-state index in [4.69, 9.17) is 0 Å². The van der Waals surface area contributed by atoms with Crippen molar-refractivity contribution in [1.82, 2.24) is 5.32 Å². The van der Waals surface area contributed by atoms with Crippen molar-refractivity contribution >= 4 is 15.7 Å². The Hall–Kier alpha value is -0.580. The number of carbonyl (C=O) groups is 1. The van der Waals surface area contributed by atoms with Crippen molar-refractivity contribution in [2.24, 2.45) is 5.92 Å². The van der Waals surface area contributed by atoms with Crippen LogP contribution < -0.4 is 5.32 Å². The second kappa shape index (κ2) is 3.47. The molecule has 86 valence electrons. The second-order valence-electron chi connectivity index (χ2n) is 4.92. The van der Waals surface area contributed by atoms with E-state index in [1.807, 2.05) is 6.92 Å². The van der Waals surface area contributed by atoms with Gasteiger partial charge in [0.1, 0.15) is 0 Å². The highest BCUT2D eigenvalue weighted by molar-refractivity contribution is 7.91. The molecule has 4 nitrogen and oxygen atoms in total. The number of nitrogens with one attached hydrogen (secondary N) is 1. The Kier molecular flexibility index (Phi) is 2.53. The van der Waals surface area contributed by atoms with Gasteiger partial charge >= 0.3 is 0 Å². The van der Waals surface area contributed by atoms with Gasteiger partial charge in [0.15, 0.2) is 9.84 Å². The minimum absolute atomic E-state index is 0.0560. The zero-order chi connectivity index (χ0) is 11.1. The summed E-state index contributed by atoms with van der Waals surface area (Å²) in [5.74, 6) is 0.709. The summed E-state index contributed by atoms with van der Waals surface area (Å²) in [5.41, 5.74) is -0.287. The van der Waals surface area contributed by atoms with Gasteiger partial charge in [-0.05, 0) is 32.1 Å². The van der Waals surface area contributed by atoms with Crippen LogP contribution in [-0.4, -0.2) is 31.4 Å². The molecule has 0 aromatic rings. The molecule has 2 aliphatic heterocycles. The van der Waals surface area contributed by atoms with E-state index in [9.17, 15) is 13.2 Å². The topological polar surface area (TPSA) is 63.2 Å². The van der Waals surface area contributed by atoms with Gasteiger partial charge in [0.05, 0.1) is 11.5 Å². The van der Waals surface area contributed by atoms with Crippen molar-refractivity contribution in [2.75, 3.05) is 11.5 Å². The van der Waals surface area contributed by atoms with Crippen molar-refractivity contribution < 1.29 is 13.2 Å². The Morgan fingerprint density at radius 3 is 2.73 bits per heavy atom. The van der Waals surface area contributed by atoms with Gasteiger partial charge in [-0.15, -0.1) is 0 Å². The van der Waals surface area contributed by atoms with Crippen molar-refractivity contribution in [2.45, 2.75) is 38.1 Å². The Labute approximate surface area is 90.3 Å². The molecular weight excluding hydrogens is 214 g/mol. The Morgan fingerprint density at radius 2 is 2.20 bits per heavy atom. The molecule has 0 aromatic heterocycles. The highest BCUT2D eigenvalue weighted by atomic mass is 32.2. The first-order chi connectivity index (χ1) is 6.91. The highest BCUT2D eigenvalue weighted by Crippen LogP contribution is 2.34. The Balaban J connectivity index is 2.14. The zero-order valence-corrected chi connectivity index (χ0v) is 9.77. The standard InChI is InChI=1S/C10H17NO3S/c1-10(5-4-9(12)11-10)8-3-2-6-15(13,14)7-8/h8H,2-7H2,1H3,(H,11,12). The molecule has 2 fully saturated rings. The molecule has 1 N–H and O–H groups in total. The quantitative estimate of drug-likeness (QED) is 0.714. The SMILES string of the molecule is CC1(C2CCCS(=O)(=O)C2)CCC(=O)N1. The predicted octanol–water partition coefficient (Wildman–Crippen LogP) is 0.480. The molecule has 2 saturated heterocycles. The maximum atomic E-state index is 11.5. The minimum atomic E-state index is -2.88. The first kappa shape index (κ1) is 10.9. The normalized spacial score (nSPS) is 40.1. The van der Waals surface area contributed by atoms with E-state index in [1.165, 1.54) is 0 Å². The highest BCUT2D eigenvalue weighted by Gasteiger charge is 2.43. The summed E-state index contributed by atoms with van der Waals surface area (Å²) < 4.78 is 23.1. The maximum absolute atomic E-state index is 11.5. The molecule has 1 amide bonds. The first-order valence-electron chi connectivity index (χ1n) is 5.43. The number of rotatable bonds is 1. The lowest BCUT2D eigenvalue weighted by Crippen LogP contribution is -2.49. The maximum Gasteiger partial charge on any atom is 0.220 e. The molecule has 0 spiro atoms. The van der Waals surface area contributed by atoms with Gasteiger partial charge in [-0.3, -0.25) is 4.79 Å². The predicted molar refractivity (Wildman–Crippen MR) is 57.2 cm³/mol. The molecule has 0 aliphatic carbocycles. The van der Waals surface area contributed by atoms with Crippen molar-refractivity contribution in [3.05, 3.63) is 0 Å². The fourth-order valence-corrected chi connectivity index (χ4v) is 4.57. The van der Waals surface area contributed by atoms with Gasteiger partial charge in [-0.1, -0.05) is 0 Å². The van der Waals surface area contributed by atoms with E-state index < -0.39 is 9.84 Å². The zero-order valence-electron chi connectivity index (χ0n) is 8.95. The summed E-state index contributed by atoms with van der Waals surface area (Å²) in [7, 11) is -2.88. The fraction of sp³-hybridized carbons (Fsp3) is 0.900. The molecule has 2 rings (SSSR count). The lowest BCUT2D eigenvalue weighted by Gasteiger charge is -2.36.